The second-order valence-electron chi connectivity index (χ2n) is 5.65. The van der Waals surface area contributed by atoms with Crippen LogP contribution in [0.15, 0.2) is 30.3 Å². The van der Waals surface area contributed by atoms with E-state index in [-0.39, 0.29) is 24.2 Å². The number of hydrogen-bond acceptors (Lipinski definition) is 3. The van der Waals surface area contributed by atoms with Crippen molar-refractivity contribution in [2.45, 2.75) is 37.3 Å². The van der Waals surface area contributed by atoms with Gasteiger partial charge in [0.05, 0.1) is 18.2 Å². The van der Waals surface area contributed by atoms with Gasteiger partial charge in [0, 0.05) is 6.61 Å². The molecule has 2 fully saturated rings. The Hall–Kier alpha value is -1.39. The van der Waals surface area contributed by atoms with Crippen LogP contribution in [0.5, 0.6) is 0 Å². The van der Waals surface area contributed by atoms with Crippen molar-refractivity contribution >= 4 is 5.91 Å². The highest BCUT2D eigenvalue weighted by Crippen LogP contribution is 2.45. The van der Waals surface area contributed by atoms with Gasteiger partial charge in [-0.05, 0) is 31.2 Å². The molecule has 1 atom stereocenters. The summed E-state index contributed by atoms with van der Waals surface area (Å²) in [5.74, 6) is -0.0376. The molecule has 20 heavy (non-hydrogen) atoms. The Morgan fingerprint density at radius 1 is 1.35 bits per heavy atom. The number of amides is 1. The lowest BCUT2D eigenvalue weighted by Gasteiger charge is -2.18. The zero-order valence-corrected chi connectivity index (χ0v) is 11.6. The lowest BCUT2D eigenvalue weighted by Crippen LogP contribution is -2.37. The third-order valence-corrected chi connectivity index (χ3v) is 4.02. The Bertz CT molecular complexity index is 450. The Kier molecular flexibility index (Phi) is 4.03. The van der Waals surface area contributed by atoms with Gasteiger partial charge in [0.15, 0.2) is 0 Å². The van der Waals surface area contributed by atoms with Gasteiger partial charge in [-0.3, -0.25) is 4.79 Å². The Morgan fingerprint density at radius 3 is 2.80 bits per heavy atom. The van der Waals surface area contributed by atoms with Gasteiger partial charge in [-0.15, -0.1) is 0 Å². The minimum absolute atomic E-state index is 0.0376. The Balaban J connectivity index is 1.44. The van der Waals surface area contributed by atoms with E-state index in [2.05, 4.69) is 17.4 Å². The van der Waals surface area contributed by atoms with Crippen molar-refractivity contribution in [3.63, 3.8) is 0 Å². The molecule has 3 rings (SSSR count). The van der Waals surface area contributed by atoms with Crippen LogP contribution in [-0.4, -0.2) is 31.8 Å². The molecule has 0 unspecified atom stereocenters. The van der Waals surface area contributed by atoms with Gasteiger partial charge in [-0.25, -0.2) is 0 Å². The molecule has 1 aromatic carbocycles. The lowest BCUT2D eigenvalue weighted by molar-refractivity contribution is -0.127. The summed E-state index contributed by atoms with van der Waals surface area (Å²) in [4.78, 5) is 12.0. The van der Waals surface area contributed by atoms with E-state index in [1.165, 1.54) is 5.56 Å². The van der Waals surface area contributed by atoms with Gasteiger partial charge in [-0.2, -0.15) is 0 Å². The zero-order valence-electron chi connectivity index (χ0n) is 11.6. The summed E-state index contributed by atoms with van der Waals surface area (Å²) in [6, 6.07) is 10.2. The molecule has 1 N–H and O–H groups in total. The molecule has 0 aromatic heterocycles. The predicted octanol–water partition coefficient (Wildman–Crippen LogP) is 1.99. The third kappa shape index (κ3) is 3.19. The predicted molar refractivity (Wildman–Crippen MR) is 75.3 cm³/mol. The average molecular weight is 275 g/mol. The topological polar surface area (TPSA) is 47.6 Å². The van der Waals surface area contributed by atoms with E-state index in [1.54, 1.807) is 0 Å². The monoisotopic (exact) mass is 275 g/mol. The van der Waals surface area contributed by atoms with Crippen LogP contribution in [0, 0.1) is 0 Å². The van der Waals surface area contributed by atoms with Gasteiger partial charge in [0.1, 0.15) is 6.61 Å². The standard InChI is InChI=1S/C16H21NO3/c18-15(12-19-11-14-7-4-10-20-14)17-16(8-9-16)13-5-2-1-3-6-13/h1-3,5-6,14H,4,7-12H2,(H,17,18)/t14-/m1/s1. The first-order valence-corrected chi connectivity index (χ1v) is 7.34. The largest absolute Gasteiger partial charge is 0.376 e. The third-order valence-electron chi connectivity index (χ3n) is 4.02. The van der Waals surface area contributed by atoms with Crippen LogP contribution in [0.2, 0.25) is 0 Å². The van der Waals surface area contributed by atoms with Crippen LogP contribution in [-0.2, 0) is 19.8 Å². The molecule has 1 saturated carbocycles. The number of benzene rings is 1. The van der Waals surface area contributed by atoms with E-state index in [9.17, 15) is 4.79 Å². The van der Waals surface area contributed by atoms with E-state index in [1.807, 2.05) is 18.2 Å². The SMILES string of the molecule is O=C(COC[C@H]1CCCO1)NC1(c2ccccc2)CC1. The maximum absolute atomic E-state index is 12.0. The van der Waals surface area contributed by atoms with Crippen molar-refractivity contribution in [1.29, 1.82) is 0 Å². The quantitative estimate of drug-likeness (QED) is 0.863. The molecule has 4 heteroatoms. The summed E-state index contributed by atoms with van der Waals surface area (Å²) < 4.78 is 10.9. The van der Waals surface area contributed by atoms with Crippen molar-refractivity contribution in [3.8, 4) is 0 Å². The van der Waals surface area contributed by atoms with Crippen molar-refractivity contribution in [2.24, 2.45) is 0 Å². The molecule has 108 valence electrons. The van der Waals surface area contributed by atoms with Crippen LogP contribution in [0.4, 0.5) is 0 Å². The van der Waals surface area contributed by atoms with Gasteiger partial charge in [0.2, 0.25) is 5.91 Å². The fraction of sp³-hybridized carbons (Fsp3) is 0.562. The number of carbonyl (C=O) groups excluding carboxylic acids is 1. The van der Waals surface area contributed by atoms with Crippen LogP contribution in [0.1, 0.15) is 31.2 Å². The molecule has 1 heterocycles. The zero-order chi connectivity index (χ0) is 13.8. The van der Waals surface area contributed by atoms with Crippen LogP contribution < -0.4 is 5.32 Å². The normalized spacial score (nSPS) is 23.5. The summed E-state index contributed by atoms with van der Waals surface area (Å²) in [7, 11) is 0. The molecule has 0 radical (unpaired) electrons. The van der Waals surface area contributed by atoms with Crippen molar-refractivity contribution in [1.82, 2.24) is 5.32 Å². The molecule has 4 nitrogen and oxygen atoms in total. The molecule has 1 aliphatic carbocycles. The molecule has 0 spiro atoms. The van der Waals surface area contributed by atoms with Gasteiger partial charge >= 0.3 is 0 Å². The minimum atomic E-state index is -0.147. The number of nitrogens with one attached hydrogen (secondary N) is 1. The van der Waals surface area contributed by atoms with Crippen molar-refractivity contribution < 1.29 is 14.3 Å². The highest BCUT2D eigenvalue weighted by Gasteiger charge is 2.45. The molecule has 2 aliphatic rings. The molecule has 1 saturated heterocycles. The molecule has 1 amide bonds. The smallest absolute Gasteiger partial charge is 0.246 e. The maximum atomic E-state index is 12.0. The minimum Gasteiger partial charge on any atom is -0.376 e. The van der Waals surface area contributed by atoms with E-state index in [4.69, 9.17) is 9.47 Å². The van der Waals surface area contributed by atoms with E-state index >= 15 is 0 Å². The number of ether oxygens (including phenoxy) is 2. The number of carbonyl (C=O) groups is 1. The Labute approximate surface area is 119 Å². The van der Waals surface area contributed by atoms with E-state index in [0.29, 0.717) is 6.61 Å². The van der Waals surface area contributed by atoms with Crippen LogP contribution in [0.25, 0.3) is 0 Å². The van der Waals surface area contributed by atoms with Crippen molar-refractivity contribution in [2.75, 3.05) is 19.8 Å². The van der Waals surface area contributed by atoms with E-state index in [0.717, 1.165) is 32.3 Å². The number of rotatable bonds is 6. The summed E-state index contributed by atoms with van der Waals surface area (Å²) in [6.07, 6.45) is 4.32. The van der Waals surface area contributed by atoms with Crippen LogP contribution in [0.3, 0.4) is 0 Å². The molecule has 1 aromatic rings. The maximum Gasteiger partial charge on any atom is 0.246 e. The summed E-state index contributed by atoms with van der Waals surface area (Å²) in [5.41, 5.74) is 1.04. The summed E-state index contributed by atoms with van der Waals surface area (Å²) in [5, 5.41) is 3.10. The highest BCUT2D eigenvalue weighted by molar-refractivity contribution is 5.78. The first-order chi connectivity index (χ1) is 9.78. The molecular formula is C16H21NO3. The Morgan fingerprint density at radius 2 is 2.15 bits per heavy atom. The second kappa shape index (κ2) is 5.94. The molecule has 0 bridgehead atoms. The fourth-order valence-electron chi connectivity index (χ4n) is 2.73. The van der Waals surface area contributed by atoms with Gasteiger partial charge in [0.25, 0.3) is 0 Å². The highest BCUT2D eigenvalue weighted by atomic mass is 16.5. The molecular weight excluding hydrogens is 254 g/mol. The van der Waals surface area contributed by atoms with Crippen molar-refractivity contribution in [3.05, 3.63) is 35.9 Å². The summed E-state index contributed by atoms with van der Waals surface area (Å²) in [6.45, 7) is 1.46. The average Bonchev–Trinajstić information content (AvgIpc) is 3.06. The van der Waals surface area contributed by atoms with Gasteiger partial charge in [-0.1, -0.05) is 30.3 Å². The van der Waals surface area contributed by atoms with Gasteiger partial charge < -0.3 is 14.8 Å². The number of hydrogen-bond donors (Lipinski definition) is 1. The van der Waals surface area contributed by atoms with Crippen LogP contribution >= 0.6 is 0 Å². The van der Waals surface area contributed by atoms with E-state index < -0.39 is 0 Å². The molecule has 1 aliphatic heterocycles. The lowest BCUT2D eigenvalue weighted by atomic mass is 10.1. The fourth-order valence-corrected chi connectivity index (χ4v) is 2.73. The first kappa shape index (κ1) is 13.6. The second-order valence-corrected chi connectivity index (χ2v) is 5.65. The first-order valence-electron chi connectivity index (χ1n) is 7.34. The summed E-state index contributed by atoms with van der Waals surface area (Å²) >= 11 is 0.